The Hall–Kier alpha value is -3.85. The zero-order valence-corrected chi connectivity index (χ0v) is 14.0. The summed E-state index contributed by atoms with van der Waals surface area (Å²) in [6.07, 6.45) is 0.420. The van der Waals surface area contributed by atoms with Crippen molar-refractivity contribution in [1.29, 1.82) is 0 Å². The molecule has 2 aromatic carbocycles. The van der Waals surface area contributed by atoms with Crippen molar-refractivity contribution in [2.45, 2.75) is 0 Å². The molecule has 0 bridgehead atoms. The number of para-hydroxylation sites is 1. The molecule has 9 heteroatoms. The number of primary amides is 1. The van der Waals surface area contributed by atoms with Gasteiger partial charge in [-0.05, 0) is 24.3 Å². The number of pyridine rings is 1. The summed E-state index contributed by atoms with van der Waals surface area (Å²) in [5.74, 6) is 7.03. The van der Waals surface area contributed by atoms with Crippen LogP contribution in [0.25, 0.3) is 10.9 Å². The summed E-state index contributed by atoms with van der Waals surface area (Å²) in [6.45, 7) is 0.111. The maximum atomic E-state index is 12.2. The van der Waals surface area contributed by atoms with Crippen LogP contribution in [0.3, 0.4) is 0 Å². The van der Waals surface area contributed by atoms with Gasteiger partial charge in [-0.25, -0.2) is 25.5 Å². The van der Waals surface area contributed by atoms with Crippen molar-refractivity contribution in [2.24, 2.45) is 11.6 Å². The molecule has 4 rings (SSSR count). The average molecular weight is 365 g/mol. The van der Waals surface area contributed by atoms with E-state index < -0.39 is 6.03 Å². The number of hydrazine groups is 1. The molecule has 0 atom stereocenters. The van der Waals surface area contributed by atoms with Crippen LogP contribution in [0.5, 0.6) is 11.5 Å². The Balaban J connectivity index is 1.97. The van der Waals surface area contributed by atoms with E-state index >= 15 is 0 Å². The minimum Gasteiger partial charge on any atom is -0.454 e. The number of carbonyl (C=O) groups excluding carboxylic acids is 2. The summed E-state index contributed by atoms with van der Waals surface area (Å²) in [7, 11) is 0. The number of anilines is 3. The number of rotatable bonds is 4. The van der Waals surface area contributed by atoms with Crippen molar-refractivity contribution in [3.63, 3.8) is 0 Å². The molecule has 0 spiro atoms. The van der Waals surface area contributed by atoms with Gasteiger partial charge in [-0.3, -0.25) is 4.79 Å². The van der Waals surface area contributed by atoms with Crippen molar-refractivity contribution < 1.29 is 19.1 Å². The second-order valence-electron chi connectivity index (χ2n) is 5.75. The number of urea groups is 1. The first-order valence-electron chi connectivity index (χ1n) is 7.96. The van der Waals surface area contributed by atoms with Crippen LogP contribution in [0.2, 0.25) is 0 Å². The second-order valence-corrected chi connectivity index (χ2v) is 5.75. The lowest BCUT2D eigenvalue weighted by molar-refractivity contribution is -0.107. The van der Waals surface area contributed by atoms with Gasteiger partial charge in [0, 0.05) is 11.5 Å². The highest BCUT2D eigenvalue weighted by molar-refractivity contribution is 6.04. The predicted molar refractivity (Wildman–Crippen MR) is 98.8 cm³/mol. The number of aromatic nitrogens is 1. The zero-order chi connectivity index (χ0) is 19.0. The lowest BCUT2D eigenvalue weighted by Gasteiger charge is -2.24. The Labute approximate surface area is 153 Å². The van der Waals surface area contributed by atoms with Crippen LogP contribution in [0.1, 0.15) is 0 Å². The largest absolute Gasteiger partial charge is 0.454 e. The van der Waals surface area contributed by atoms with Crippen LogP contribution in [0, 0.1) is 0 Å². The molecule has 1 aromatic heterocycles. The molecule has 0 radical (unpaired) electrons. The van der Waals surface area contributed by atoms with E-state index in [4.69, 9.17) is 21.1 Å². The highest BCUT2D eigenvalue weighted by Crippen LogP contribution is 2.39. The van der Waals surface area contributed by atoms with Crippen LogP contribution < -0.4 is 31.0 Å². The van der Waals surface area contributed by atoms with E-state index in [1.807, 2.05) is 0 Å². The van der Waals surface area contributed by atoms with Gasteiger partial charge in [-0.1, -0.05) is 18.2 Å². The third-order valence-corrected chi connectivity index (χ3v) is 4.11. The molecule has 0 saturated heterocycles. The zero-order valence-electron chi connectivity index (χ0n) is 14.0. The Morgan fingerprint density at radius 3 is 2.48 bits per heavy atom. The molecule has 0 fully saturated rings. The number of ether oxygens (including phenoxy) is 2. The molecule has 0 unspecified atom stereocenters. The third kappa shape index (κ3) is 2.85. The lowest BCUT2D eigenvalue weighted by atomic mass is 10.1. The summed E-state index contributed by atoms with van der Waals surface area (Å²) in [6, 6.07) is 13.0. The monoisotopic (exact) mass is 365 g/mol. The Morgan fingerprint density at radius 2 is 1.81 bits per heavy atom. The third-order valence-electron chi connectivity index (χ3n) is 4.11. The van der Waals surface area contributed by atoms with Crippen LogP contribution in [-0.4, -0.2) is 24.2 Å². The first-order valence-corrected chi connectivity index (χ1v) is 7.96. The fourth-order valence-corrected chi connectivity index (χ4v) is 2.88. The van der Waals surface area contributed by atoms with Crippen LogP contribution in [-0.2, 0) is 4.79 Å². The molecule has 4 N–H and O–H groups in total. The SMILES string of the molecule is NC(=O)N(c1ccccc1)c1nc2cc3c(cc2cc1N(N)C=O)OCO3. The average Bonchev–Trinajstić information content (AvgIpc) is 3.13. The summed E-state index contributed by atoms with van der Waals surface area (Å²) in [4.78, 5) is 29.2. The standard InChI is InChI=1S/C18H15N5O4/c19-18(25)23(12-4-2-1-3-5-12)17-14(22(20)9-24)6-11-7-15-16(27-10-26-15)8-13(11)21-17/h1-9H,10,20H2,(H2,19,25). The molecule has 2 heterocycles. The van der Waals surface area contributed by atoms with E-state index in [0.717, 1.165) is 5.01 Å². The normalized spacial score (nSPS) is 12.0. The summed E-state index contributed by atoms with van der Waals surface area (Å²) in [5.41, 5.74) is 6.82. The molecule has 9 nitrogen and oxygen atoms in total. The van der Waals surface area contributed by atoms with E-state index in [1.165, 1.54) is 4.90 Å². The number of nitrogens with zero attached hydrogens (tertiary/aromatic N) is 3. The van der Waals surface area contributed by atoms with Crippen molar-refractivity contribution >= 4 is 40.5 Å². The van der Waals surface area contributed by atoms with Crippen LogP contribution >= 0.6 is 0 Å². The number of hydrogen-bond acceptors (Lipinski definition) is 6. The fraction of sp³-hybridized carbons (Fsp3) is 0.0556. The molecular weight excluding hydrogens is 350 g/mol. The number of nitrogens with two attached hydrogens (primary N) is 2. The quantitative estimate of drug-likeness (QED) is 0.315. The molecule has 3 amide bonds. The van der Waals surface area contributed by atoms with Crippen molar-refractivity contribution in [2.75, 3.05) is 16.7 Å². The molecule has 0 saturated carbocycles. The first-order chi connectivity index (χ1) is 13.1. The van der Waals surface area contributed by atoms with Gasteiger partial charge in [-0.2, -0.15) is 0 Å². The van der Waals surface area contributed by atoms with Crippen LogP contribution in [0.4, 0.5) is 22.0 Å². The smallest absolute Gasteiger partial charge is 0.325 e. The number of benzene rings is 2. The van der Waals surface area contributed by atoms with Gasteiger partial charge in [0.1, 0.15) is 5.69 Å². The highest BCUT2D eigenvalue weighted by atomic mass is 16.7. The van der Waals surface area contributed by atoms with Gasteiger partial charge in [0.05, 0.1) is 11.2 Å². The highest BCUT2D eigenvalue weighted by Gasteiger charge is 2.24. The molecule has 1 aliphatic rings. The van der Waals surface area contributed by atoms with Gasteiger partial charge >= 0.3 is 6.03 Å². The van der Waals surface area contributed by atoms with E-state index in [0.29, 0.717) is 34.5 Å². The minimum absolute atomic E-state index is 0.111. The molecule has 1 aliphatic heterocycles. The fourth-order valence-electron chi connectivity index (χ4n) is 2.88. The molecule has 0 aliphatic carbocycles. The molecule has 3 aromatic rings. The molecule has 27 heavy (non-hydrogen) atoms. The Kier molecular flexibility index (Phi) is 3.98. The number of amides is 3. The predicted octanol–water partition coefficient (Wildman–Crippen LogP) is 2.02. The summed E-state index contributed by atoms with van der Waals surface area (Å²) < 4.78 is 10.7. The van der Waals surface area contributed by atoms with Crippen LogP contribution in [0.15, 0.2) is 48.5 Å². The molecule has 136 valence electrons. The van der Waals surface area contributed by atoms with Gasteiger partial charge in [0.2, 0.25) is 13.2 Å². The minimum atomic E-state index is -0.769. The maximum Gasteiger partial charge on any atom is 0.325 e. The van der Waals surface area contributed by atoms with Gasteiger partial charge in [0.25, 0.3) is 0 Å². The van der Waals surface area contributed by atoms with Gasteiger partial charge < -0.3 is 15.2 Å². The Bertz CT molecular complexity index is 1040. The Morgan fingerprint density at radius 1 is 1.11 bits per heavy atom. The summed E-state index contributed by atoms with van der Waals surface area (Å²) >= 11 is 0. The number of carbonyl (C=O) groups is 2. The maximum absolute atomic E-state index is 12.2. The number of fused-ring (bicyclic) bond motifs is 2. The summed E-state index contributed by atoms with van der Waals surface area (Å²) in [5, 5.41) is 1.50. The second kappa shape index (κ2) is 6.46. The van der Waals surface area contributed by atoms with Gasteiger partial charge in [0.15, 0.2) is 17.3 Å². The van der Waals surface area contributed by atoms with Crippen molar-refractivity contribution in [1.82, 2.24) is 4.98 Å². The first kappa shape index (κ1) is 16.6. The topological polar surface area (TPSA) is 124 Å². The van der Waals surface area contributed by atoms with E-state index in [2.05, 4.69) is 4.98 Å². The van der Waals surface area contributed by atoms with E-state index in [-0.39, 0.29) is 18.3 Å². The van der Waals surface area contributed by atoms with Crippen molar-refractivity contribution in [3.05, 3.63) is 48.5 Å². The van der Waals surface area contributed by atoms with E-state index in [9.17, 15) is 9.59 Å². The lowest BCUT2D eigenvalue weighted by Crippen LogP contribution is -2.36. The van der Waals surface area contributed by atoms with Crippen molar-refractivity contribution in [3.8, 4) is 11.5 Å². The molecular formula is C18H15N5O4. The van der Waals surface area contributed by atoms with E-state index in [1.54, 1.807) is 48.5 Å². The van der Waals surface area contributed by atoms with Gasteiger partial charge in [-0.15, -0.1) is 0 Å². The number of hydrogen-bond donors (Lipinski definition) is 2.